The average Bonchev–Trinajstić information content (AvgIpc) is 2.65. The number of nitrogens with one attached hydrogen (secondary N) is 1. The van der Waals surface area contributed by atoms with Gasteiger partial charge >= 0.3 is 6.18 Å². The third-order valence-corrected chi connectivity index (χ3v) is 3.51. The van der Waals surface area contributed by atoms with Crippen molar-refractivity contribution >= 4 is 5.78 Å². The first kappa shape index (κ1) is 14.4. The van der Waals surface area contributed by atoms with E-state index in [1.807, 2.05) is 20.8 Å². The van der Waals surface area contributed by atoms with Gasteiger partial charge in [0.1, 0.15) is 0 Å². The fourth-order valence-corrected chi connectivity index (χ4v) is 2.03. The molecule has 106 valence electrons. The van der Waals surface area contributed by atoms with E-state index in [-0.39, 0.29) is 11.3 Å². The lowest BCUT2D eigenvalue weighted by Crippen LogP contribution is -2.07. The van der Waals surface area contributed by atoms with Gasteiger partial charge in [0.25, 0.3) is 0 Å². The van der Waals surface area contributed by atoms with Crippen LogP contribution < -0.4 is 0 Å². The molecule has 0 saturated carbocycles. The summed E-state index contributed by atoms with van der Waals surface area (Å²) in [7, 11) is 0. The van der Waals surface area contributed by atoms with Crippen LogP contribution in [0, 0.1) is 20.8 Å². The molecule has 0 amide bonds. The molecule has 0 spiro atoms. The summed E-state index contributed by atoms with van der Waals surface area (Å²) >= 11 is 0. The molecule has 0 unspecified atom stereocenters. The summed E-state index contributed by atoms with van der Waals surface area (Å²) in [6, 6.07) is 4.25. The summed E-state index contributed by atoms with van der Waals surface area (Å²) in [4.78, 5) is 15.3. The van der Waals surface area contributed by atoms with Crippen molar-refractivity contribution in [3.63, 3.8) is 0 Å². The van der Waals surface area contributed by atoms with E-state index >= 15 is 0 Å². The molecule has 0 atom stereocenters. The number of carbonyl (C=O) groups is 1. The summed E-state index contributed by atoms with van der Waals surface area (Å²) in [6.07, 6.45) is -4.39. The third kappa shape index (κ3) is 2.48. The molecular weight excluding hydrogens is 267 g/mol. The first-order valence-corrected chi connectivity index (χ1v) is 6.09. The first-order chi connectivity index (χ1) is 9.21. The normalized spacial score (nSPS) is 11.7. The minimum atomic E-state index is -4.39. The molecule has 1 N–H and O–H groups in total. The molecule has 0 aliphatic rings. The van der Waals surface area contributed by atoms with Crippen molar-refractivity contribution in [3.8, 4) is 0 Å². The summed E-state index contributed by atoms with van der Waals surface area (Å²) in [5.74, 6) is -0.299. The van der Waals surface area contributed by atoms with Gasteiger partial charge in [-0.25, -0.2) is 0 Å². The Morgan fingerprint density at radius 1 is 1.00 bits per heavy atom. The second-order valence-corrected chi connectivity index (χ2v) is 4.78. The van der Waals surface area contributed by atoms with Crippen LogP contribution in [0.2, 0.25) is 0 Å². The van der Waals surface area contributed by atoms with Crippen LogP contribution in [0.25, 0.3) is 0 Å². The smallest absolute Gasteiger partial charge is 0.356 e. The monoisotopic (exact) mass is 281 g/mol. The summed E-state index contributed by atoms with van der Waals surface area (Å²) in [5, 5.41) is 0. The lowest BCUT2D eigenvalue weighted by Gasteiger charge is -2.07. The van der Waals surface area contributed by atoms with Gasteiger partial charge in [-0.3, -0.25) is 4.79 Å². The highest BCUT2D eigenvalue weighted by Crippen LogP contribution is 2.29. The standard InChI is InChI=1S/C15H14F3NO/c1-8-9(2)13(19-10(8)3)14(20)11-4-6-12(7-5-11)15(16,17)18/h4-7,19H,1-3H3. The molecule has 1 aromatic carbocycles. The molecule has 0 radical (unpaired) electrons. The molecule has 2 aromatic rings. The fourth-order valence-electron chi connectivity index (χ4n) is 2.03. The van der Waals surface area contributed by atoms with Gasteiger partial charge in [0, 0.05) is 11.3 Å². The topological polar surface area (TPSA) is 32.9 Å². The molecule has 0 fully saturated rings. The Labute approximate surface area is 114 Å². The molecule has 0 aliphatic carbocycles. The van der Waals surface area contributed by atoms with Gasteiger partial charge in [-0.15, -0.1) is 0 Å². The number of aromatic amines is 1. The Balaban J connectivity index is 2.37. The molecular formula is C15H14F3NO. The maximum absolute atomic E-state index is 12.5. The number of H-pyrrole nitrogens is 1. The third-order valence-electron chi connectivity index (χ3n) is 3.51. The maximum atomic E-state index is 12.5. The predicted molar refractivity (Wildman–Crippen MR) is 69.9 cm³/mol. The van der Waals surface area contributed by atoms with Crippen LogP contribution in [0.5, 0.6) is 0 Å². The molecule has 1 aromatic heterocycles. The Morgan fingerprint density at radius 2 is 1.55 bits per heavy atom. The largest absolute Gasteiger partial charge is 0.416 e. The zero-order chi connectivity index (χ0) is 15.1. The van der Waals surface area contributed by atoms with E-state index in [1.165, 1.54) is 12.1 Å². The summed E-state index contributed by atoms with van der Waals surface area (Å²) in [6.45, 7) is 5.56. The van der Waals surface area contributed by atoms with Crippen LogP contribution in [0.3, 0.4) is 0 Å². The van der Waals surface area contributed by atoms with Gasteiger partial charge < -0.3 is 4.98 Å². The van der Waals surface area contributed by atoms with E-state index in [4.69, 9.17) is 0 Å². The molecule has 2 rings (SSSR count). The lowest BCUT2D eigenvalue weighted by molar-refractivity contribution is -0.137. The molecule has 5 heteroatoms. The van der Waals surface area contributed by atoms with Crippen molar-refractivity contribution in [2.75, 3.05) is 0 Å². The highest BCUT2D eigenvalue weighted by atomic mass is 19.4. The Bertz CT molecular complexity index is 651. The highest BCUT2D eigenvalue weighted by Gasteiger charge is 2.30. The van der Waals surface area contributed by atoms with Crippen molar-refractivity contribution in [2.24, 2.45) is 0 Å². The van der Waals surface area contributed by atoms with Crippen LogP contribution in [-0.2, 0) is 6.18 Å². The van der Waals surface area contributed by atoms with E-state index < -0.39 is 11.7 Å². The Hall–Kier alpha value is -2.04. The number of benzene rings is 1. The van der Waals surface area contributed by atoms with Crippen LogP contribution in [0.15, 0.2) is 24.3 Å². The van der Waals surface area contributed by atoms with Gasteiger partial charge in [-0.1, -0.05) is 12.1 Å². The van der Waals surface area contributed by atoms with Gasteiger partial charge in [-0.2, -0.15) is 13.2 Å². The molecule has 0 saturated heterocycles. The van der Waals surface area contributed by atoms with Gasteiger partial charge in [0.05, 0.1) is 11.3 Å². The summed E-state index contributed by atoms with van der Waals surface area (Å²) < 4.78 is 37.4. The van der Waals surface area contributed by atoms with Crippen molar-refractivity contribution in [2.45, 2.75) is 26.9 Å². The second kappa shape index (κ2) is 4.81. The zero-order valence-corrected chi connectivity index (χ0v) is 11.4. The number of carbonyl (C=O) groups excluding carboxylic acids is 1. The summed E-state index contributed by atoms with van der Waals surface area (Å²) in [5.41, 5.74) is 2.61. The Morgan fingerprint density at radius 3 is 1.95 bits per heavy atom. The van der Waals surface area contributed by atoms with Crippen LogP contribution in [-0.4, -0.2) is 10.8 Å². The molecule has 1 heterocycles. The number of aromatic nitrogens is 1. The van der Waals surface area contributed by atoms with Crippen molar-refractivity contribution in [1.82, 2.24) is 4.98 Å². The number of aryl methyl sites for hydroxylation is 1. The number of rotatable bonds is 2. The molecule has 0 aliphatic heterocycles. The minimum absolute atomic E-state index is 0.238. The second-order valence-electron chi connectivity index (χ2n) is 4.78. The van der Waals surface area contributed by atoms with Crippen molar-refractivity contribution < 1.29 is 18.0 Å². The van der Waals surface area contributed by atoms with E-state index in [0.717, 1.165) is 29.0 Å². The van der Waals surface area contributed by atoms with Crippen LogP contribution in [0.1, 0.15) is 38.4 Å². The van der Waals surface area contributed by atoms with Gasteiger partial charge in [0.2, 0.25) is 5.78 Å². The van der Waals surface area contributed by atoms with Crippen molar-refractivity contribution in [1.29, 1.82) is 0 Å². The molecule has 2 nitrogen and oxygen atoms in total. The first-order valence-electron chi connectivity index (χ1n) is 6.09. The SMILES string of the molecule is Cc1[nH]c(C(=O)c2ccc(C(F)(F)F)cc2)c(C)c1C. The quantitative estimate of drug-likeness (QED) is 0.823. The van der Waals surface area contributed by atoms with E-state index in [1.54, 1.807) is 0 Å². The lowest BCUT2D eigenvalue weighted by atomic mass is 10.0. The van der Waals surface area contributed by atoms with E-state index in [2.05, 4.69) is 4.98 Å². The molecule has 0 bridgehead atoms. The average molecular weight is 281 g/mol. The number of hydrogen-bond donors (Lipinski definition) is 1. The highest BCUT2D eigenvalue weighted by molar-refractivity contribution is 6.09. The van der Waals surface area contributed by atoms with Gasteiger partial charge in [-0.05, 0) is 44.0 Å². The molecule has 20 heavy (non-hydrogen) atoms. The zero-order valence-electron chi connectivity index (χ0n) is 11.4. The van der Waals surface area contributed by atoms with Crippen molar-refractivity contribution in [3.05, 3.63) is 57.9 Å². The predicted octanol–water partition coefficient (Wildman–Crippen LogP) is 4.19. The maximum Gasteiger partial charge on any atom is 0.416 e. The van der Waals surface area contributed by atoms with Crippen LogP contribution in [0.4, 0.5) is 13.2 Å². The minimum Gasteiger partial charge on any atom is -0.356 e. The van der Waals surface area contributed by atoms with E-state index in [0.29, 0.717) is 5.69 Å². The van der Waals surface area contributed by atoms with Gasteiger partial charge in [0.15, 0.2) is 0 Å². The van der Waals surface area contributed by atoms with E-state index in [9.17, 15) is 18.0 Å². The fraction of sp³-hybridized carbons (Fsp3) is 0.267. The number of halogens is 3. The number of hydrogen-bond acceptors (Lipinski definition) is 1. The van der Waals surface area contributed by atoms with Crippen LogP contribution >= 0.6 is 0 Å². The number of ketones is 1. The number of alkyl halides is 3. The Kier molecular flexibility index (Phi) is 3.46.